The zero-order chi connectivity index (χ0) is 17.9. The number of nitrogens with one attached hydrogen (secondary N) is 2. The zero-order valence-corrected chi connectivity index (χ0v) is 12.4. The van der Waals surface area contributed by atoms with Crippen molar-refractivity contribution in [3.8, 4) is 0 Å². The van der Waals surface area contributed by atoms with Gasteiger partial charge in [0, 0.05) is 11.4 Å². The van der Waals surface area contributed by atoms with Crippen LogP contribution >= 0.6 is 0 Å². The van der Waals surface area contributed by atoms with Crippen molar-refractivity contribution in [2.24, 2.45) is 0 Å². The van der Waals surface area contributed by atoms with Gasteiger partial charge in [-0.3, -0.25) is 0 Å². The predicted molar refractivity (Wildman–Crippen MR) is 82.2 cm³/mol. The highest BCUT2D eigenvalue weighted by atomic mass is 19.4. The number of rotatable bonds is 3. The van der Waals surface area contributed by atoms with Crippen LogP contribution in [0.15, 0.2) is 42.5 Å². The summed E-state index contributed by atoms with van der Waals surface area (Å²) < 4.78 is 37.9. The standard InChI is InChI=1S/C16H13F3N2O3/c1-9-5-6-12(8-13(9)14(22)23)21-15(24)20-11-4-2-3-10(7-11)16(17,18)19/h2-8H,1H3,(H,22,23)(H2,20,21,24). The van der Waals surface area contributed by atoms with Crippen LogP contribution in [0.1, 0.15) is 21.5 Å². The molecule has 3 N–H and O–H groups in total. The van der Waals surface area contributed by atoms with Crippen LogP contribution in [0.5, 0.6) is 0 Å². The van der Waals surface area contributed by atoms with Crippen molar-refractivity contribution in [1.82, 2.24) is 0 Å². The van der Waals surface area contributed by atoms with E-state index >= 15 is 0 Å². The van der Waals surface area contributed by atoms with Gasteiger partial charge in [-0.1, -0.05) is 12.1 Å². The summed E-state index contributed by atoms with van der Waals surface area (Å²) in [7, 11) is 0. The number of anilines is 2. The molecule has 5 nitrogen and oxygen atoms in total. The van der Waals surface area contributed by atoms with E-state index in [0.29, 0.717) is 5.56 Å². The number of carbonyl (C=O) groups is 2. The summed E-state index contributed by atoms with van der Waals surface area (Å²) in [5, 5.41) is 13.7. The smallest absolute Gasteiger partial charge is 0.416 e. The molecule has 8 heteroatoms. The molecule has 0 aliphatic heterocycles. The number of carbonyl (C=O) groups excluding carboxylic acids is 1. The number of alkyl halides is 3. The first-order valence-electron chi connectivity index (χ1n) is 6.76. The van der Waals surface area contributed by atoms with Crippen molar-refractivity contribution in [2.45, 2.75) is 13.1 Å². The fourth-order valence-corrected chi connectivity index (χ4v) is 2.00. The molecular weight excluding hydrogens is 325 g/mol. The molecule has 2 rings (SSSR count). The maximum absolute atomic E-state index is 12.6. The third kappa shape index (κ3) is 4.25. The van der Waals surface area contributed by atoms with Gasteiger partial charge in [0.2, 0.25) is 0 Å². The molecule has 24 heavy (non-hydrogen) atoms. The molecule has 0 bridgehead atoms. The van der Waals surface area contributed by atoms with E-state index < -0.39 is 23.7 Å². The van der Waals surface area contributed by atoms with Crippen LogP contribution in [0.2, 0.25) is 0 Å². The van der Waals surface area contributed by atoms with E-state index in [4.69, 9.17) is 5.11 Å². The third-order valence-electron chi connectivity index (χ3n) is 3.17. The minimum atomic E-state index is -4.51. The second kappa shape index (κ2) is 6.61. The summed E-state index contributed by atoms with van der Waals surface area (Å²) in [6.07, 6.45) is -4.51. The Morgan fingerprint density at radius 1 is 1.00 bits per heavy atom. The molecule has 0 saturated carbocycles. The quantitative estimate of drug-likeness (QED) is 0.778. The first kappa shape index (κ1) is 17.3. The molecule has 2 aromatic carbocycles. The largest absolute Gasteiger partial charge is 0.478 e. The van der Waals surface area contributed by atoms with E-state index in [1.807, 2.05) is 0 Å². The summed E-state index contributed by atoms with van der Waals surface area (Å²) in [6, 6.07) is 7.67. The highest BCUT2D eigenvalue weighted by molar-refractivity contribution is 6.00. The van der Waals surface area contributed by atoms with Gasteiger partial charge in [-0.25, -0.2) is 9.59 Å². The molecule has 0 atom stereocenters. The van der Waals surface area contributed by atoms with E-state index in [-0.39, 0.29) is 16.9 Å². The van der Waals surface area contributed by atoms with Gasteiger partial charge in [-0.05, 0) is 42.8 Å². The predicted octanol–water partition coefficient (Wildman–Crippen LogP) is 4.36. The summed E-state index contributed by atoms with van der Waals surface area (Å²) in [5.74, 6) is -1.14. The summed E-state index contributed by atoms with van der Waals surface area (Å²) >= 11 is 0. The maximum Gasteiger partial charge on any atom is 0.416 e. The van der Waals surface area contributed by atoms with E-state index in [1.165, 1.54) is 30.3 Å². The van der Waals surface area contributed by atoms with Crippen molar-refractivity contribution < 1.29 is 27.9 Å². The molecular formula is C16H13F3N2O3. The molecule has 0 radical (unpaired) electrons. The zero-order valence-electron chi connectivity index (χ0n) is 12.4. The van der Waals surface area contributed by atoms with Gasteiger partial charge < -0.3 is 15.7 Å². The van der Waals surface area contributed by atoms with Crippen LogP contribution in [0.25, 0.3) is 0 Å². The van der Waals surface area contributed by atoms with Crippen LogP contribution in [-0.2, 0) is 6.18 Å². The number of hydrogen-bond acceptors (Lipinski definition) is 2. The summed E-state index contributed by atoms with van der Waals surface area (Å²) in [6.45, 7) is 1.61. The van der Waals surface area contributed by atoms with E-state index in [0.717, 1.165) is 12.1 Å². The van der Waals surface area contributed by atoms with Crippen molar-refractivity contribution in [2.75, 3.05) is 10.6 Å². The molecule has 0 aliphatic rings. The molecule has 2 aromatic rings. The Morgan fingerprint density at radius 2 is 1.62 bits per heavy atom. The average Bonchev–Trinajstić information content (AvgIpc) is 2.48. The topological polar surface area (TPSA) is 78.4 Å². The van der Waals surface area contributed by atoms with Gasteiger partial charge in [0.25, 0.3) is 0 Å². The lowest BCUT2D eigenvalue weighted by Crippen LogP contribution is -2.20. The van der Waals surface area contributed by atoms with E-state index in [1.54, 1.807) is 6.92 Å². The van der Waals surface area contributed by atoms with Gasteiger partial charge in [-0.2, -0.15) is 13.2 Å². The van der Waals surface area contributed by atoms with Gasteiger partial charge in [0.1, 0.15) is 0 Å². The Bertz CT molecular complexity index is 788. The SMILES string of the molecule is Cc1ccc(NC(=O)Nc2cccc(C(F)(F)F)c2)cc1C(=O)O. The maximum atomic E-state index is 12.6. The van der Waals surface area contributed by atoms with Crippen molar-refractivity contribution >= 4 is 23.4 Å². The summed E-state index contributed by atoms with van der Waals surface area (Å²) in [4.78, 5) is 22.9. The number of carboxylic acids is 1. The monoisotopic (exact) mass is 338 g/mol. The molecule has 0 heterocycles. The van der Waals surface area contributed by atoms with Crippen LogP contribution in [0, 0.1) is 6.92 Å². The van der Waals surface area contributed by atoms with Crippen LogP contribution in [0.3, 0.4) is 0 Å². The molecule has 0 aliphatic carbocycles. The van der Waals surface area contributed by atoms with Gasteiger partial charge in [-0.15, -0.1) is 0 Å². The lowest BCUT2D eigenvalue weighted by atomic mass is 10.1. The number of aryl methyl sites for hydroxylation is 1. The highest BCUT2D eigenvalue weighted by Crippen LogP contribution is 2.30. The Labute approximate surface area is 135 Å². The fourth-order valence-electron chi connectivity index (χ4n) is 2.00. The Morgan fingerprint density at radius 3 is 2.21 bits per heavy atom. The number of aromatic carboxylic acids is 1. The van der Waals surface area contributed by atoms with Crippen LogP contribution in [0.4, 0.5) is 29.3 Å². The van der Waals surface area contributed by atoms with Gasteiger partial charge >= 0.3 is 18.2 Å². The molecule has 0 aromatic heterocycles. The number of benzene rings is 2. The van der Waals surface area contributed by atoms with Crippen LogP contribution < -0.4 is 10.6 Å². The minimum Gasteiger partial charge on any atom is -0.478 e. The average molecular weight is 338 g/mol. The fraction of sp³-hybridized carbons (Fsp3) is 0.125. The van der Waals surface area contributed by atoms with E-state index in [2.05, 4.69) is 10.6 Å². The Kier molecular flexibility index (Phi) is 4.77. The number of urea groups is 1. The first-order chi connectivity index (χ1) is 11.2. The Balaban J connectivity index is 2.12. The molecule has 0 spiro atoms. The number of halogens is 3. The van der Waals surface area contributed by atoms with E-state index in [9.17, 15) is 22.8 Å². The number of hydrogen-bond donors (Lipinski definition) is 3. The van der Waals surface area contributed by atoms with Crippen LogP contribution in [-0.4, -0.2) is 17.1 Å². The lowest BCUT2D eigenvalue weighted by molar-refractivity contribution is -0.137. The number of amides is 2. The first-order valence-corrected chi connectivity index (χ1v) is 6.76. The third-order valence-corrected chi connectivity index (χ3v) is 3.17. The summed E-state index contributed by atoms with van der Waals surface area (Å²) in [5.41, 5.74) is -0.169. The number of carboxylic acid groups (broad SMARTS) is 1. The molecule has 0 unspecified atom stereocenters. The highest BCUT2D eigenvalue weighted by Gasteiger charge is 2.30. The van der Waals surface area contributed by atoms with Crippen molar-refractivity contribution in [3.63, 3.8) is 0 Å². The normalized spacial score (nSPS) is 11.0. The Hall–Kier alpha value is -3.03. The molecule has 0 fully saturated rings. The van der Waals surface area contributed by atoms with Gasteiger partial charge in [0.15, 0.2) is 0 Å². The second-order valence-electron chi connectivity index (χ2n) is 4.99. The van der Waals surface area contributed by atoms with Crippen molar-refractivity contribution in [1.29, 1.82) is 0 Å². The second-order valence-corrected chi connectivity index (χ2v) is 4.99. The molecule has 0 saturated heterocycles. The lowest BCUT2D eigenvalue weighted by Gasteiger charge is -2.11. The van der Waals surface area contributed by atoms with Gasteiger partial charge in [0.05, 0.1) is 11.1 Å². The molecule has 2 amide bonds. The molecule has 126 valence electrons. The minimum absolute atomic E-state index is 0.0202. The van der Waals surface area contributed by atoms with Crippen molar-refractivity contribution in [3.05, 3.63) is 59.2 Å².